The van der Waals surface area contributed by atoms with Crippen LogP contribution < -0.4 is 5.32 Å². The zero-order valence-electron chi connectivity index (χ0n) is 22.5. The third kappa shape index (κ3) is 6.31. The Morgan fingerprint density at radius 2 is 1.98 bits per heavy atom. The number of thiophene rings is 1. The summed E-state index contributed by atoms with van der Waals surface area (Å²) in [5, 5.41) is 20.5. The normalized spacial score (nSPS) is 16.6. The number of benzene rings is 2. The molecule has 13 heteroatoms. The van der Waals surface area contributed by atoms with E-state index in [1.807, 2.05) is 18.2 Å². The number of rotatable bonds is 9. The van der Waals surface area contributed by atoms with Gasteiger partial charge < -0.3 is 15.3 Å². The van der Waals surface area contributed by atoms with Gasteiger partial charge in [-0.3, -0.25) is 20.1 Å². The molecule has 1 aliphatic rings. The smallest absolute Gasteiger partial charge is 0.327 e. The number of amides is 1. The van der Waals surface area contributed by atoms with E-state index in [0.717, 1.165) is 17.0 Å². The summed E-state index contributed by atoms with van der Waals surface area (Å²) >= 11 is 7.19. The van der Waals surface area contributed by atoms with Gasteiger partial charge in [0.15, 0.2) is 0 Å². The zero-order valence-corrected chi connectivity index (χ0v) is 24.9. The van der Waals surface area contributed by atoms with E-state index >= 15 is 0 Å². The van der Waals surface area contributed by atoms with E-state index in [-0.39, 0.29) is 23.1 Å². The Morgan fingerprint density at radius 3 is 2.67 bits per heavy atom. The molecule has 0 spiro atoms. The van der Waals surface area contributed by atoms with Crippen molar-refractivity contribution in [3.05, 3.63) is 94.8 Å². The molecule has 42 heavy (non-hydrogen) atoms. The Balaban J connectivity index is 1.46. The average molecular weight is 626 g/mol. The number of hydrogen-bond donors (Lipinski definition) is 3. The minimum Gasteiger partial charge on any atom is -0.480 e. The highest BCUT2D eigenvalue weighted by Gasteiger charge is 2.41. The predicted molar refractivity (Wildman–Crippen MR) is 162 cm³/mol. The summed E-state index contributed by atoms with van der Waals surface area (Å²) in [7, 11) is -2.33. The number of pyridine rings is 1. The number of likely N-dealkylation sites (N-methyl/N-ethyl adjacent to an activating group) is 1. The molecule has 218 valence electrons. The third-order valence-electron chi connectivity index (χ3n) is 7.04. The summed E-state index contributed by atoms with van der Waals surface area (Å²) in [4.78, 5) is 31.7. The summed E-state index contributed by atoms with van der Waals surface area (Å²) in [6.45, 7) is 0.0672. The van der Waals surface area contributed by atoms with Gasteiger partial charge in [-0.15, -0.1) is 11.3 Å². The molecule has 2 atom stereocenters. The highest BCUT2D eigenvalue weighted by molar-refractivity contribution is 7.93. The Labute approximate surface area is 252 Å². The Morgan fingerprint density at radius 1 is 1.21 bits per heavy atom. The van der Waals surface area contributed by atoms with Gasteiger partial charge in [-0.05, 0) is 41.3 Å². The number of carboxylic acids is 1. The maximum Gasteiger partial charge on any atom is 0.327 e. The molecule has 1 amide bonds. The van der Waals surface area contributed by atoms with Gasteiger partial charge in [-0.2, -0.15) is 0 Å². The highest BCUT2D eigenvalue weighted by atomic mass is 35.5. The SMILES string of the molecule is CN(CCc1ccccn1)C(=N)c1ccc(C(N2CC(=O)N[C@@H](C(=O)O)C2)S(=O)(=O)c2cc3ccc(Cl)cc3s2)cc1. The number of carboxylic acid groups (broad SMARTS) is 1. The summed E-state index contributed by atoms with van der Waals surface area (Å²) < 4.78 is 29.2. The van der Waals surface area contributed by atoms with E-state index in [9.17, 15) is 23.1 Å². The molecule has 0 saturated carbocycles. The lowest BCUT2D eigenvalue weighted by Gasteiger charge is -2.36. The van der Waals surface area contributed by atoms with Crippen molar-refractivity contribution in [1.29, 1.82) is 5.41 Å². The van der Waals surface area contributed by atoms with E-state index in [0.29, 0.717) is 39.2 Å². The topological polar surface area (TPSA) is 144 Å². The quantitative estimate of drug-likeness (QED) is 0.188. The number of sulfone groups is 1. The van der Waals surface area contributed by atoms with E-state index in [4.69, 9.17) is 17.0 Å². The van der Waals surface area contributed by atoms with Crippen LogP contribution in [0.2, 0.25) is 5.02 Å². The second-order valence-corrected chi connectivity index (χ2v) is 13.8. The number of halogens is 1. The number of amidine groups is 1. The average Bonchev–Trinajstić information content (AvgIpc) is 3.40. The van der Waals surface area contributed by atoms with Crippen LogP contribution in [-0.2, 0) is 25.8 Å². The lowest BCUT2D eigenvalue weighted by Crippen LogP contribution is -2.58. The first-order valence-electron chi connectivity index (χ1n) is 13.0. The molecule has 10 nitrogen and oxygen atoms in total. The summed E-state index contributed by atoms with van der Waals surface area (Å²) in [6.07, 6.45) is 2.38. The lowest BCUT2D eigenvalue weighted by atomic mass is 10.1. The largest absolute Gasteiger partial charge is 0.480 e. The standard InChI is InChI=1S/C29H28ClN5O5S2/c1-34(13-11-22-4-2-3-12-32-22)27(31)18-5-7-19(8-6-18)28(35-16-23(29(37)38)33-25(36)17-35)42(39,40)26-14-20-9-10-21(30)15-24(20)41-26/h2-10,12,14-15,23,28,31H,11,13,16-17H2,1H3,(H,33,36)(H,37,38)/t23-,28?/m1/s1. The number of piperazine rings is 1. The van der Waals surface area contributed by atoms with Crippen molar-refractivity contribution in [2.75, 3.05) is 26.7 Å². The highest BCUT2D eigenvalue weighted by Crippen LogP contribution is 2.39. The number of carbonyl (C=O) groups excluding carboxylic acids is 1. The fourth-order valence-electron chi connectivity index (χ4n) is 4.87. The summed E-state index contributed by atoms with van der Waals surface area (Å²) in [5.41, 5.74) is 1.85. The molecular weight excluding hydrogens is 598 g/mol. The summed E-state index contributed by atoms with van der Waals surface area (Å²) in [5.74, 6) is -1.58. The van der Waals surface area contributed by atoms with Gasteiger partial charge in [0.2, 0.25) is 15.7 Å². The molecule has 5 rings (SSSR count). The van der Waals surface area contributed by atoms with E-state index in [1.54, 1.807) is 66.7 Å². The predicted octanol–water partition coefficient (Wildman–Crippen LogP) is 3.81. The molecule has 4 aromatic rings. The Bertz CT molecular complexity index is 1750. The first-order valence-corrected chi connectivity index (χ1v) is 15.8. The maximum absolute atomic E-state index is 14.2. The van der Waals surface area contributed by atoms with Gasteiger partial charge in [0.1, 0.15) is 21.5 Å². The first-order chi connectivity index (χ1) is 20.0. The van der Waals surface area contributed by atoms with Crippen LogP contribution in [0.1, 0.15) is 22.2 Å². The van der Waals surface area contributed by atoms with E-state index in [2.05, 4.69) is 10.3 Å². The zero-order chi connectivity index (χ0) is 30.0. The molecule has 0 aliphatic carbocycles. The Kier molecular flexibility index (Phi) is 8.60. The number of hydrogen-bond acceptors (Lipinski definition) is 8. The number of nitrogens with zero attached hydrogens (tertiary/aromatic N) is 3. The van der Waals surface area contributed by atoms with Crippen LogP contribution in [-0.4, -0.2) is 78.7 Å². The minimum atomic E-state index is -4.13. The van der Waals surface area contributed by atoms with Crippen molar-refractivity contribution in [1.82, 2.24) is 20.1 Å². The second-order valence-electron chi connectivity index (χ2n) is 10.00. The molecule has 3 N–H and O–H groups in total. The molecule has 0 bridgehead atoms. The van der Waals surface area contributed by atoms with Crippen molar-refractivity contribution in [2.45, 2.75) is 22.0 Å². The molecule has 3 heterocycles. The van der Waals surface area contributed by atoms with Crippen molar-refractivity contribution in [3.63, 3.8) is 0 Å². The number of nitrogens with one attached hydrogen (secondary N) is 2. The van der Waals surface area contributed by atoms with Gasteiger partial charge in [0, 0.05) is 53.7 Å². The van der Waals surface area contributed by atoms with Crippen LogP contribution in [0.3, 0.4) is 0 Å². The van der Waals surface area contributed by atoms with Crippen molar-refractivity contribution in [2.24, 2.45) is 0 Å². The van der Waals surface area contributed by atoms with Gasteiger partial charge in [-0.1, -0.05) is 48.0 Å². The lowest BCUT2D eigenvalue weighted by molar-refractivity contribution is -0.145. The fraction of sp³-hybridized carbons (Fsp3) is 0.241. The monoisotopic (exact) mass is 625 g/mol. The molecule has 2 aromatic heterocycles. The van der Waals surface area contributed by atoms with Crippen molar-refractivity contribution in [3.8, 4) is 0 Å². The van der Waals surface area contributed by atoms with Gasteiger partial charge >= 0.3 is 5.97 Å². The van der Waals surface area contributed by atoms with Gasteiger partial charge in [-0.25, -0.2) is 13.2 Å². The number of carbonyl (C=O) groups is 2. The van der Waals surface area contributed by atoms with E-state index in [1.165, 1.54) is 4.90 Å². The minimum absolute atomic E-state index is 0.0775. The van der Waals surface area contributed by atoms with Gasteiger partial charge in [0.05, 0.1) is 6.54 Å². The molecule has 1 fully saturated rings. The molecular formula is C29H28ClN5O5S2. The third-order valence-corrected chi connectivity index (χ3v) is 11.0. The van der Waals surface area contributed by atoms with E-state index < -0.39 is 33.1 Å². The molecule has 2 aromatic carbocycles. The fourth-order valence-corrected chi connectivity index (χ4v) is 8.53. The van der Waals surface area contributed by atoms with Crippen LogP contribution in [0.4, 0.5) is 0 Å². The van der Waals surface area contributed by atoms with Crippen LogP contribution in [0.25, 0.3) is 10.1 Å². The van der Waals surface area contributed by atoms with Crippen molar-refractivity contribution < 1.29 is 23.1 Å². The molecule has 1 unspecified atom stereocenters. The first kappa shape index (κ1) is 29.6. The van der Waals surface area contributed by atoms with Crippen molar-refractivity contribution >= 4 is 60.6 Å². The maximum atomic E-state index is 14.2. The van der Waals surface area contributed by atoms with Crippen LogP contribution in [0, 0.1) is 5.41 Å². The molecule has 0 radical (unpaired) electrons. The number of fused-ring (bicyclic) bond motifs is 1. The number of aliphatic carboxylic acids is 1. The molecule has 1 saturated heterocycles. The Hall–Kier alpha value is -3.84. The summed E-state index contributed by atoms with van der Waals surface area (Å²) in [6, 6.07) is 17.7. The second kappa shape index (κ2) is 12.2. The van der Waals surface area contributed by atoms with Crippen LogP contribution in [0.15, 0.2) is 77.1 Å². The van der Waals surface area contributed by atoms with Crippen LogP contribution >= 0.6 is 22.9 Å². The van der Waals surface area contributed by atoms with Crippen LogP contribution in [0.5, 0.6) is 0 Å². The molecule has 1 aliphatic heterocycles. The van der Waals surface area contributed by atoms with Gasteiger partial charge in [0.25, 0.3) is 0 Å². The number of aromatic nitrogens is 1.